The second-order valence-electron chi connectivity index (χ2n) is 8.08. The molecule has 0 spiro atoms. The zero-order chi connectivity index (χ0) is 23.6. The summed E-state index contributed by atoms with van der Waals surface area (Å²) in [6, 6.07) is 7.93. The normalized spacial score (nSPS) is 18.9. The second-order valence-corrected chi connectivity index (χ2v) is 11.2. The van der Waals surface area contributed by atoms with Gasteiger partial charge in [-0.1, -0.05) is 6.92 Å². The van der Waals surface area contributed by atoms with Crippen LogP contribution in [0.3, 0.4) is 0 Å². The number of nitrogens with one attached hydrogen (secondary N) is 1. The van der Waals surface area contributed by atoms with Gasteiger partial charge in [0.05, 0.1) is 22.6 Å². The third kappa shape index (κ3) is 5.25. The summed E-state index contributed by atoms with van der Waals surface area (Å²) in [6.07, 6.45) is 1.29. The lowest BCUT2D eigenvalue weighted by molar-refractivity contribution is -0.132. The number of hydrogen-bond acceptors (Lipinski definition) is 7. The number of anilines is 1. The highest BCUT2D eigenvalue weighted by atomic mass is 32.2. The largest absolute Gasteiger partial charge is 0.459 e. The van der Waals surface area contributed by atoms with Gasteiger partial charge in [0.25, 0.3) is 5.91 Å². The molecule has 3 heterocycles. The lowest BCUT2D eigenvalue weighted by Gasteiger charge is -2.34. The molecule has 176 valence electrons. The number of thioether (sulfide) groups is 1. The van der Waals surface area contributed by atoms with Crippen molar-refractivity contribution in [1.82, 2.24) is 9.80 Å². The molecular weight excluding hydrogens is 466 g/mol. The van der Waals surface area contributed by atoms with Gasteiger partial charge in [0.2, 0.25) is 11.8 Å². The Morgan fingerprint density at radius 1 is 1.15 bits per heavy atom. The summed E-state index contributed by atoms with van der Waals surface area (Å²) in [7, 11) is -3.71. The molecule has 2 aliphatic heterocycles. The van der Waals surface area contributed by atoms with E-state index in [1.165, 1.54) is 30.2 Å². The fourth-order valence-electron chi connectivity index (χ4n) is 3.69. The minimum absolute atomic E-state index is 0.0818. The van der Waals surface area contributed by atoms with Crippen LogP contribution in [0.4, 0.5) is 5.69 Å². The van der Waals surface area contributed by atoms with Crippen LogP contribution in [0.1, 0.15) is 23.9 Å². The van der Waals surface area contributed by atoms with Gasteiger partial charge >= 0.3 is 0 Å². The molecule has 0 radical (unpaired) electrons. The van der Waals surface area contributed by atoms with E-state index >= 15 is 0 Å². The van der Waals surface area contributed by atoms with Gasteiger partial charge in [0, 0.05) is 49.2 Å². The van der Waals surface area contributed by atoms with E-state index in [0.717, 1.165) is 4.90 Å². The third-order valence-electron chi connectivity index (χ3n) is 5.74. The van der Waals surface area contributed by atoms with E-state index in [0.29, 0.717) is 37.6 Å². The molecule has 1 aromatic heterocycles. The van der Waals surface area contributed by atoms with E-state index in [1.807, 2.05) is 6.92 Å². The van der Waals surface area contributed by atoms with Crippen LogP contribution < -0.4 is 5.32 Å². The molecule has 9 nitrogen and oxygen atoms in total. The van der Waals surface area contributed by atoms with E-state index in [9.17, 15) is 22.8 Å². The number of hydrogen-bond donors (Lipinski definition) is 1. The highest BCUT2D eigenvalue weighted by Crippen LogP contribution is 2.34. The van der Waals surface area contributed by atoms with Gasteiger partial charge < -0.3 is 19.5 Å². The summed E-state index contributed by atoms with van der Waals surface area (Å²) < 4.78 is 30.8. The maximum absolute atomic E-state index is 12.9. The molecule has 11 heteroatoms. The Labute approximate surface area is 196 Å². The summed E-state index contributed by atoms with van der Waals surface area (Å²) in [5.41, 5.74) is 0.485. The number of carbonyl (C=O) groups is 3. The molecule has 2 aliphatic rings. The SMILES string of the molecule is C[C@@H]1CSc2ccc(S(=O)(=O)CCC(=O)N3CCN(C(=O)c4ccco4)CC3)cc2NC1=O. The smallest absolute Gasteiger partial charge is 0.289 e. The predicted molar refractivity (Wildman–Crippen MR) is 123 cm³/mol. The number of furan rings is 1. The van der Waals surface area contributed by atoms with Crippen molar-refractivity contribution >= 4 is 45.0 Å². The highest BCUT2D eigenvalue weighted by molar-refractivity contribution is 7.99. The number of sulfone groups is 1. The number of nitrogens with zero attached hydrogens (tertiary/aromatic N) is 2. The monoisotopic (exact) mass is 491 g/mol. The zero-order valence-electron chi connectivity index (χ0n) is 18.2. The number of fused-ring (bicyclic) bond motifs is 1. The summed E-state index contributed by atoms with van der Waals surface area (Å²) in [5.74, 6) is -0.252. The molecule has 0 bridgehead atoms. The molecule has 0 saturated carbocycles. The Balaban J connectivity index is 1.33. The van der Waals surface area contributed by atoms with Crippen molar-refractivity contribution in [2.24, 2.45) is 5.92 Å². The van der Waals surface area contributed by atoms with Crippen LogP contribution >= 0.6 is 11.8 Å². The Morgan fingerprint density at radius 2 is 1.88 bits per heavy atom. The van der Waals surface area contributed by atoms with E-state index in [-0.39, 0.29) is 46.5 Å². The summed E-state index contributed by atoms with van der Waals surface area (Å²) >= 11 is 1.51. The minimum atomic E-state index is -3.71. The van der Waals surface area contributed by atoms with Gasteiger partial charge in [-0.3, -0.25) is 14.4 Å². The fourth-order valence-corrected chi connectivity index (χ4v) is 5.95. The summed E-state index contributed by atoms with van der Waals surface area (Å²) in [6.45, 7) is 3.22. The molecule has 2 aromatic rings. The standard InChI is InChI=1S/C22H25N3O6S2/c1-15-14-32-19-5-4-16(13-17(19)23-21(15)27)33(29,30)12-6-20(26)24-7-9-25(10-8-24)22(28)18-3-2-11-31-18/h2-5,11,13,15H,6-10,12,14H2,1H3,(H,23,27)/t15-/m1/s1. The summed E-state index contributed by atoms with van der Waals surface area (Å²) in [4.78, 5) is 41.2. The van der Waals surface area contributed by atoms with Crippen molar-refractivity contribution in [2.75, 3.05) is 43.0 Å². The van der Waals surface area contributed by atoms with Crippen molar-refractivity contribution in [3.8, 4) is 0 Å². The predicted octanol–water partition coefficient (Wildman–Crippen LogP) is 2.11. The van der Waals surface area contributed by atoms with Gasteiger partial charge in [-0.2, -0.15) is 0 Å². The lowest BCUT2D eigenvalue weighted by Crippen LogP contribution is -2.50. The van der Waals surface area contributed by atoms with E-state index in [2.05, 4.69) is 5.32 Å². The molecule has 0 aliphatic carbocycles. The van der Waals surface area contributed by atoms with Crippen LogP contribution in [0.25, 0.3) is 0 Å². The zero-order valence-corrected chi connectivity index (χ0v) is 19.8. The van der Waals surface area contributed by atoms with Crippen LogP contribution in [0.5, 0.6) is 0 Å². The number of benzene rings is 1. The van der Waals surface area contributed by atoms with Crippen LogP contribution in [0.15, 0.2) is 50.8 Å². The first-order valence-electron chi connectivity index (χ1n) is 10.7. The maximum Gasteiger partial charge on any atom is 0.289 e. The molecule has 1 atom stereocenters. The molecule has 1 N–H and O–H groups in total. The topological polar surface area (TPSA) is 117 Å². The first-order valence-corrected chi connectivity index (χ1v) is 13.3. The molecule has 0 unspecified atom stereocenters. The molecule has 1 aromatic carbocycles. The van der Waals surface area contributed by atoms with Crippen LogP contribution in [-0.2, 0) is 19.4 Å². The molecule has 4 rings (SSSR count). The minimum Gasteiger partial charge on any atom is -0.459 e. The highest BCUT2D eigenvalue weighted by Gasteiger charge is 2.28. The molecule has 1 fully saturated rings. The lowest BCUT2D eigenvalue weighted by atomic mass is 10.2. The van der Waals surface area contributed by atoms with Crippen LogP contribution in [0.2, 0.25) is 0 Å². The van der Waals surface area contributed by atoms with Crippen molar-refractivity contribution in [3.63, 3.8) is 0 Å². The van der Waals surface area contributed by atoms with Gasteiger partial charge in [-0.25, -0.2) is 8.42 Å². The molecular formula is C22H25N3O6S2. The molecule has 3 amide bonds. The number of rotatable bonds is 5. The van der Waals surface area contributed by atoms with Gasteiger partial charge in [0.1, 0.15) is 0 Å². The van der Waals surface area contributed by atoms with E-state index in [4.69, 9.17) is 4.42 Å². The van der Waals surface area contributed by atoms with E-state index in [1.54, 1.807) is 28.0 Å². The third-order valence-corrected chi connectivity index (χ3v) is 8.79. The second kappa shape index (κ2) is 9.60. The molecule has 33 heavy (non-hydrogen) atoms. The number of amides is 3. The molecule has 1 saturated heterocycles. The number of piperazine rings is 1. The first kappa shape index (κ1) is 23.4. The van der Waals surface area contributed by atoms with E-state index < -0.39 is 9.84 Å². The van der Waals surface area contributed by atoms with Crippen molar-refractivity contribution in [2.45, 2.75) is 23.1 Å². The Hall–Kier alpha value is -2.79. The average molecular weight is 492 g/mol. The van der Waals surface area contributed by atoms with Crippen LogP contribution in [-0.4, -0.2) is 73.6 Å². The number of carbonyl (C=O) groups excluding carboxylic acids is 3. The van der Waals surface area contributed by atoms with Crippen molar-refractivity contribution < 1.29 is 27.2 Å². The van der Waals surface area contributed by atoms with Gasteiger partial charge in [0.15, 0.2) is 15.6 Å². The quantitative estimate of drug-likeness (QED) is 0.681. The first-order chi connectivity index (χ1) is 15.7. The van der Waals surface area contributed by atoms with Crippen molar-refractivity contribution in [3.05, 3.63) is 42.4 Å². The maximum atomic E-state index is 12.9. The van der Waals surface area contributed by atoms with Gasteiger partial charge in [-0.15, -0.1) is 11.8 Å². The average Bonchev–Trinajstić information content (AvgIpc) is 3.31. The van der Waals surface area contributed by atoms with Crippen LogP contribution in [0, 0.1) is 5.92 Å². The Kier molecular flexibility index (Phi) is 6.80. The summed E-state index contributed by atoms with van der Waals surface area (Å²) in [5, 5.41) is 2.79. The van der Waals surface area contributed by atoms with Crippen molar-refractivity contribution in [1.29, 1.82) is 0 Å². The van der Waals surface area contributed by atoms with Gasteiger partial charge in [-0.05, 0) is 30.3 Å². The Morgan fingerprint density at radius 3 is 2.58 bits per heavy atom. The Bertz CT molecular complexity index is 1150. The fraction of sp³-hybridized carbons (Fsp3) is 0.409.